The van der Waals surface area contributed by atoms with Crippen molar-refractivity contribution in [2.24, 2.45) is 5.92 Å². The van der Waals surface area contributed by atoms with Gasteiger partial charge in [-0.25, -0.2) is 9.37 Å². The van der Waals surface area contributed by atoms with E-state index in [9.17, 15) is 9.65 Å². The highest BCUT2D eigenvalue weighted by atomic mass is 19.1. The first-order valence-corrected chi connectivity index (χ1v) is 7.07. The average Bonchev–Trinajstić information content (AvgIpc) is 2.47. The molecule has 0 bridgehead atoms. The number of anilines is 1. The van der Waals surface area contributed by atoms with E-state index in [0.29, 0.717) is 11.5 Å². The molecule has 1 atom stereocenters. The van der Waals surface area contributed by atoms with Crippen molar-refractivity contribution in [3.8, 4) is 17.2 Å². The molecular weight excluding hydrogens is 265 g/mol. The van der Waals surface area contributed by atoms with Crippen LogP contribution >= 0.6 is 0 Å². The molecule has 106 valence electrons. The van der Waals surface area contributed by atoms with Crippen LogP contribution in [0.4, 0.5) is 10.2 Å². The first-order chi connectivity index (χ1) is 10.1. The molecule has 1 aromatic heterocycles. The topological polar surface area (TPSA) is 62.7 Å². The number of rotatable bonds is 1. The second-order valence-electron chi connectivity index (χ2n) is 5.64. The van der Waals surface area contributed by atoms with Gasteiger partial charge in [0, 0.05) is 11.3 Å². The molecule has 1 aliphatic carbocycles. The lowest BCUT2D eigenvalue weighted by Crippen LogP contribution is -2.16. The predicted octanol–water partition coefficient (Wildman–Crippen LogP) is 3.47. The van der Waals surface area contributed by atoms with E-state index in [1.165, 1.54) is 12.1 Å². The van der Waals surface area contributed by atoms with Crippen molar-refractivity contribution in [2.75, 3.05) is 5.73 Å². The Morgan fingerprint density at radius 3 is 2.71 bits per heavy atom. The molecule has 1 aliphatic rings. The second-order valence-corrected chi connectivity index (χ2v) is 5.64. The monoisotopic (exact) mass is 281 g/mol. The van der Waals surface area contributed by atoms with Gasteiger partial charge in [-0.05, 0) is 48.4 Å². The first-order valence-electron chi connectivity index (χ1n) is 7.07. The van der Waals surface area contributed by atoms with Crippen LogP contribution in [0.3, 0.4) is 0 Å². The minimum Gasteiger partial charge on any atom is -0.383 e. The number of aryl methyl sites for hydroxylation is 1. The van der Waals surface area contributed by atoms with Gasteiger partial charge < -0.3 is 5.73 Å². The number of fused-ring (bicyclic) bond motifs is 1. The van der Waals surface area contributed by atoms with E-state index in [-0.39, 0.29) is 11.6 Å². The van der Waals surface area contributed by atoms with Crippen molar-refractivity contribution < 1.29 is 4.39 Å². The van der Waals surface area contributed by atoms with Crippen LogP contribution in [-0.2, 0) is 12.8 Å². The highest BCUT2D eigenvalue weighted by molar-refractivity contribution is 5.79. The van der Waals surface area contributed by atoms with E-state index in [1.54, 1.807) is 12.1 Å². The Hall–Kier alpha value is -2.41. The molecule has 0 spiro atoms. The average molecular weight is 281 g/mol. The van der Waals surface area contributed by atoms with Crippen LogP contribution in [0, 0.1) is 23.1 Å². The maximum absolute atomic E-state index is 13.2. The fraction of sp³-hybridized carbons (Fsp3) is 0.294. The van der Waals surface area contributed by atoms with Crippen LogP contribution in [0.25, 0.3) is 11.1 Å². The minimum absolute atomic E-state index is 0.269. The summed E-state index contributed by atoms with van der Waals surface area (Å²) in [5, 5.41) is 9.44. The van der Waals surface area contributed by atoms with Gasteiger partial charge in [0.1, 0.15) is 23.3 Å². The van der Waals surface area contributed by atoms with E-state index in [1.807, 2.05) is 0 Å². The van der Waals surface area contributed by atoms with Crippen LogP contribution in [0.2, 0.25) is 0 Å². The Morgan fingerprint density at radius 1 is 1.33 bits per heavy atom. The summed E-state index contributed by atoms with van der Waals surface area (Å²) in [7, 11) is 0. The van der Waals surface area contributed by atoms with E-state index in [2.05, 4.69) is 18.0 Å². The highest BCUT2D eigenvalue weighted by Gasteiger charge is 2.24. The number of halogens is 1. The van der Waals surface area contributed by atoms with Crippen molar-refractivity contribution >= 4 is 5.82 Å². The van der Waals surface area contributed by atoms with Crippen molar-refractivity contribution in [2.45, 2.75) is 26.2 Å². The molecule has 1 heterocycles. The molecule has 3 rings (SSSR count). The zero-order chi connectivity index (χ0) is 15.0. The number of nitrogen functional groups attached to an aromatic ring is 1. The maximum Gasteiger partial charge on any atom is 0.142 e. The number of hydrogen-bond donors (Lipinski definition) is 1. The van der Waals surface area contributed by atoms with Crippen LogP contribution in [0.5, 0.6) is 0 Å². The Kier molecular flexibility index (Phi) is 3.34. The molecule has 2 N–H and O–H groups in total. The van der Waals surface area contributed by atoms with Crippen molar-refractivity contribution in [1.29, 1.82) is 5.26 Å². The van der Waals surface area contributed by atoms with Gasteiger partial charge in [0.15, 0.2) is 0 Å². The third-order valence-corrected chi connectivity index (χ3v) is 4.08. The molecule has 1 unspecified atom stereocenters. The van der Waals surface area contributed by atoms with Gasteiger partial charge in [0.05, 0.1) is 0 Å². The fourth-order valence-electron chi connectivity index (χ4n) is 3.00. The standard InChI is InChI=1S/C17H16FN3/c1-10-2-7-15-13(8-10)16(14(9-19)17(20)21-15)11-3-5-12(18)6-4-11/h3-6,10H,2,7-8H2,1H3,(H2,20,21). The van der Waals surface area contributed by atoms with Gasteiger partial charge in [0.25, 0.3) is 0 Å². The maximum atomic E-state index is 13.2. The van der Waals surface area contributed by atoms with E-state index in [0.717, 1.165) is 41.6 Å². The molecule has 0 amide bonds. The molecule has 0 aliphatic heterocycles. The van der Waals surface area contributed by atoms with Crippen LogP contribution < -0.4 is 5.73 Å². The van der Waals surface area contributed by atoms with Crippen molar-refractivity contribution in [3.63, 3.8) is 0 Å². The summed E-state index contributed by atoms with van der Waals surface area (Å²) >= 11 is 0. The summed E-state index contributed by atoms with van der Waals surface area (Å²) < 4.78 is 13.2. The lowest BCUT2D eigenvalue weighted by atomic mass is 9.82. The van der Waals surface area contributed by atoms with Gasteiger partial charge in [-0.2, -0.15) is 5.26 Å². The summed E-state index contributed by atoms with van der Waals surface area (Å²) in [5.41, 5.74) is 10.1. The summed E-state index contributed by atoms with van der Waals surface area (Å²) in [6.07, 6.45) is 2.83. The van der Waals surface area contributed by atoms with Crippen molar-refractivity contribution in [1.82, 2.24) is 4.98 Å². The normalized spacial score (nSPS) is 17.1. The Morgan fingerprint density at radius 2 is 2.05 bits per heavy atom. The summed E-state index contributed by atoms with van der Waals surface area (Å²) in [5.74, 6) is 0.528. The van der Waals surface area contributed by atoms with E-state index < -0.39 is 0 Å². The highest BCUT2D eigenvalue weighted by Crippen LogP contribution is 2.37. The van der Waals surface area contributed by atoms with Crippen molar-refractivity contribution in [3.05, 3.63) is 46.9 Å². The van der Waals surface area contributed by atoms with Gasteiger partial charge in [-0.15, -0.1) is 0 Å². The van der Waals surface area contributed by atoms with Gasteiger partial charge in [-0.1, -0.05) is 19.1 Å². The van der Waals surface area contributed by atoms with Crippen LogP contribution in [-0.4, -0.2) is 4.98 Å². The first kappa shape index (κ1) is 13.6. The molecule has 4 heteroatoms. The molecular formula is C17H16FN3. The van der Waals surface area contributed by atoms with Crippen LogP contribution in [0.15, 0.2) is 24.3 Å². The molecule has 2 aromatic rings. The van der Waals surface area contributed by atoms with Gasteiger partial charge >= 0.3 is 0 Å². The Bertz CT molecular complexity index is 729. The lowest BCUT2D eigenvalue weighted by molar-refractivity contribution is 0.495. The largest absolute Gasteiger partial charge is 0.383 e. The minimum atomic E-state index is -0.290. The molecule has 1 aromatic carbocycles. The third-order valence-electron chi connectivity index (χ3n) is 4.08. The third kappa shape index (κ3) is 2.36. The van der Waals surface area contributed by atoms with Gasteiger partial charge in [-0.3, -0.25) is 0 Å². The summed E-state index contributed by atoms with van der Waals surface area (Å²) in [4.78, 5) is 4.40. The van der Waals surface area contributed by atoms with E-state index >= 15 is 0 Å². The second kappa shape index (κ2) is 5.17. The number of pyridine rings is 1. The summed E-state index contributed by atoms with van der Waals surface area (Å²) in [6.45, 7) is 2.19. The fourth-order valence-corrected chi connectivity index (χ4v) is 3.00. The molecule has 0 radical (unpaired) electrons. The molecule has 21 heavy (non-hydrogen) atoms. The molecule has 0 saturated heterocycles. The summed E-state index contributed by atoms with van der Waals surface area (Å²) in [6, 6.07) is 8.38. The number of nitriles is 1. The number of nitrogens with zero attached hydrogens (tertiary/aromatic N) is 2. The zero-order valence-corrected chi connectivity index (χ0v) is 11.9. The Labute approximate surface area is 123 Å². The quantitative estimate of drug-likeness (QED) is 0.870. The van der Waals surface area contributed by atoms with Crippen LogP contribution in [0.1, 0.15) is 30.2 Å². The number of benzene rings is 1. The lowest BCUT2D eigenvalue weighted by Gasteiger charge is -2.25. The number of hydrogen-bond acceptors (Lipinski definition) is 3. The smallest absolute Gasteiger partial charge is 0.142 e. The molecule has 0 fully saturated rings. The number of nitrogens with two attached hydrogens (primary N) is 1. The predicted molar refractivity (Wildman–Crippen MR) is 79.9 cm³/mol. The Balaban J connectivity index is 2.28. The van der Waals surface area contributed by atoms with E-state index in [4.69, 9.17) is 5.73 Å². The zero-order valence-electron chi connectivity index (χ0n) is 11.9. The molecule has 0 saturated carbocycles. The number of aromatic nitrogens is 1. The molecule has 3 nitrogen and oxygen atoms in total. The SMILES string of the molecule is CC1CCc2nc(N)c(C#N)c(-c3ccc(F)cc3)c2C1. The van der Waals surface area contributed by atoms with Gasteiger partial charge in [0.2, 0.25) is 0 Å².